The fourth-order valence-corrected chi connectivity index (χ4v) is 2.35. The van der Waals surface area contributed by atoms with E-state index in [2.05, 4.69) is 27.9 Å². The minimum Gasteiger partial charge on any atom is -0.494 e. The van der Waals surface area contributed by atoms with E-state index in [9.17, 15) is 4.79 Å². The smallest absolute Gasteiger partial charge is 0.224 e. The zero-order valence-electron chi connectivity index (χ0n) is 11.9. The molecule has 0 radical (unpaired) electrons. The molecule has 1 amide bonds. The maximum Gasteiger partial charge on any atom is 0.224 e. The van der Waals surface area contributed by atoms with Crippen LogP contribution in [0.4, 0.5) is 5.69 Å². The molecule has 0 spiro atoms. The summed E-state index contributed by atoms with van der Waals surface area (Å²) in [5, 5.41) is 2.91. The summed E-state index contributed by atoms with van der Waals surface area (Å²) in [4.78, 5) is 11.9. The van der Waals surface area contributed by atoms with E-state index in [1.54, 1.807) is 0 Å². The molecule has 0 aliphatic heterocycles. The highest BCUT2D eigenvalue weighted by Gasteiger charge is 2.04. The Balaban J connectivity index is 1.70. The number of halogens is 1. The molecule has 0 heterocycles. The fraction of sp³-hybridized carbons (Fsp3) is 0.235. The molecule has 1 N–H and O–H groups in total. The van der Waals surface area contributed by atoms with Crippen LogP contribution in [0.5, 0.6) is 5.75 Å². The molecule has 0 bridgehead atoms. The Labute approximate surface area is 138 Å². The largest absolute Gasteiger partial charge is 0.494 e. The van der Waals surface area contributed by atoms with Crippen molar-refractivity contribution in [1.29, 1.82) is 0 Å². The van der Waals surface area contributed by atoms with Crippen LogP contribution in [0.1, 0.15) is 18.4 Å². The number of carbonyl (C=O) groups is 1. The number of anilines is 1. The number of ether oxygens (including phenoxy) is 1. The Morgan fingerprint density at radius 2 is 1.86 bits per heavy atom. The summed E-state index contributed by atoms with van der Waals surface area (Å²) in [7, 11) is 0. The summed E-state index contributed by atoms with van der Waals surface area (Å²) >= 11 is 2.21. The molecular formula is C17H18INO2. The van der Waals surface area contributed by atoms with E-state index in [1.165, 1.54) is 5.56 Å². The Morgan fingerprint density at radius 1 is 1.14 bits per heavy atom. The van der Waals surface area contributed by atoms with Crippen LogP contribution in [0, 0.1) is 10.5 Å². The highest BCUT2D eigenvalue weighted by atomic mass is 127. The van der Waals surface area contributed by atoms with Crippen molar-refractivity contribution >= 4 is 34.2 Å². The van der Waals surface area contributed by atoms with Crippen LogP contribution < -0.4 is 10.1 Å². The summed E-state index contributed by atoms with van der Waals surface area (Å²) < 4.78 is 6.64. The van der Waals surface area contributed by atoms with E-state index in [-0.39, 0.29) is 5.91 Å². The Kier molecular flexibility index (Phi) is 6.04. The molecule has 0 aliphatic rings. The van der Waals surface area contributed by atoms with Crippen molar-refractivity contribution in [2.24, 2.45) is 0 Å². The molecule has 0 atom stereocenters. The van der Waals surface area contributed by atoms with Gasteiger partial charge in [0.2, 0.25) is 5.91 Å². The van der Waals surface area contributed by atoms with Gasteiger partial charge in [-0.1, -0.05) is 29.8 Å². The van der Waals surface area contributed by atoms with Crippen LogP contribution in [0.2, 0.25) is 0 Å². The van der Waals surface area contributed by atoms with Crippen LogP contribution >= 0.6 is 22.6 Å². The van der Waals surface area contributed by atoms with E-state index in [0.717, 1.165) is 15.0 Å². The first-order chi connectivity index (χ1) is 10.1. The predicted molar refractivity (Wildman–Crippen MR) is 93.7 cm³/mol. The van der Waals surface area contributed by atoms with E-state index in [1.807, 2.05) is 55.5 Å². The average Bonchev–Trinajstić information content (AvgIpc) is 2.48. The minimum atomic E-state index is 0.0200. The number of para-hydroxylation sites is 1. The molecule has 0 saturated carbocycles. The van der Waals surface area contributed by atoms with Gasteiger partial charge >= 0.3 is 0 Å². The van der Waals surface area contributed by atoms with Crippen molar-refractivity contribution in [2.45, 2.75) is 19.8 Å². The van der Waals surface area contributed by atoms with E-state index in [4.69, 9.17) is 4.74 Å². The van der Waals surface area contributed by atoms with Crippen LogP contribution in [0.15, 0.2) is 48.5 Å². The quantitative estimate of drug-likeness (QED) is 0.582. The fourth-order valence-electron chi connectivity index (χ4n) is 1.83. The van der Waals surface area contributed by atoms with Gasteiger partial charge in [-0.05, 0) is 60.2 Å². The van der Waals surface area contributed by atoms with Gasteiger partial charge in [-0.3, -0.25) is 4.79 Å². The second-order valence-electron chi connectivity index (χ2n) is 4.79. The molecule has 3 nitrogen and oxygen atoms in total. The average molecular weight is 395 g/mol. The van der Waals surface area contributed by atoms with Crippen molar-refractivity contribution in [2.75, 3.05) is 11.9 Å². The summed E-state index contributed by atoms with van der Waals surface area (Å²) in [5.74, 6) is 0.866. The maximum absolute atomic E-state index is 11.9. The molecule has 0 unspecified atom stereocenters. The topological polar surface area (TPSA) is 38.3 Å². The van der Waals surface area contributed by atoms with Gasteiger partial charge in [-0.2, -0.15) is 0 Å². The lowest BCUT2D eigenvalue weighted by atomic mass is 10.2. The maximum atomic E-state index is 11.9. The van der Waals surface area contributed by atoms with Crippen LogP contribution in [0.25, 0.3) is 0 Å². The third kappa shape index (κ3) is 5.38. The van der Waals surface area contributed by atoms with Crippen LogP contribution in [-0.2, 0) is 4.79 Å². The SMILES string of the molecule is Cc1ccc(OCCCC(=O)Nc2ccccc2I)cc1. The van der Waals surface area contributed by atoms with Gasteiger partial charge in [0, 0.05) is 9.99 Å². The first kappa shape index (κ1) is 15.8. The zero-order chi connectivity index (χ0) is 15.1. The van der Waals surface area contributed by atoms with Crippen molar-refractivity contribution < 1.29 is 9.53 Å². The second kappa shape index (κ2) is 8.02. The van der Waals surface area contributed by atoms with E-state index < -0.39 is 0 Å². The number of aryl methyl sites for hydroxylation is 1. The van der Waals surface area contributed by atoms with E-state index in [0.29, 0.717) is 19.4 Å². The molecule has 110 valence electrons. The summed E-state index contributed by atoms with van der Waals surface area (Å²) in [6.07, 6.45) is 1.15. The highest BCUT2D eigenvalue weighted by molar-refractivity contribution is 14.1. The van der Waals surface area contributed by atoms with Crippen molar-refractivity contribution in [1.82, 2.24) is 0 Å². The van der Waals surface area contributed by atoms with E-state index >= 15 is 0 Å². The van der Waals surface area contributed by atoms with Crippen molar-refractivity contribution in [3.8, 4) is 5.75 Å². The number of rotatable bonds is 6. The lowest BCUT2D eigenvalue weighted by Gasteiger charge is -2.08. The number of hydrogen-bond donors (Lipinski definition) is 1. The molecule has 2 rings (SSSR count). The van der Waals surface area contributed by atoms with Gasteiger partial charge in [0.15, 0.2) is 0 Å². The molecule has 0 aliphatic carbocycles. The number of carbonyl (C=O) groups excluding carboxylic acids is 1. The monoisotopic (exact) mass is 395 g/mol. The third-order valence-corrected chi connectivity index (χ3v) is 3.93. The zero-order valence-corrected chi connectivity index (χ0v) is 14.1. The second-order valence-corrected chi connectivity index (χ2v) is 5.96. The molecule has 0 fully saturated rings. The molecule has 2 aromatic carbocycles. The lowest BCUT2D eigenvalue weighted by molar-refractivity contribution is -0.116. The van der Waals surface area contributed by atoms with Crippen LogP contribution in [-0.4, -0.2) is 12.5 Å². The first-order valence-corrected chi connectivity index (χ1v) is 7.97. The highest BCUT2D eigenvalue weighted by Crippen LogP contribution is 2.17. The molecule has 0 saturated heterocycles. The van der Waals surface area contributed by atoms with Gasteiger partial charge in [0.1, 0.15) is 5.75 Å². The third-order valence-electron chi connectivity index (χ3n) is 2.99. The Morgan fingerprint density at radius 3 is 2.57 bits per heavy atom. The van der Waals surface area contributed by atoms with Crippen molar-refractivity contribution in [3.63, 3.8) is 0 Å². The van der Waals surface area contributed by atoms with Gasteiger partial charge in [-0.25, -0.2) is 0 Å². The van der Waals surface area contributed by atoms with Crippen molar-refractivity contribution in [3.05, 3.63) is 57.7 Å². The molecule has 4 heteroatoms. The molecule has 2 aromatic rings. The normalized spacial score (nSPS) is 10.2. The van der Waals surface area contributed by atoms with Gasteiger partial charge < -0.3 is 10.1 Å². The number of benzene rings is 2. The standard InChI is InChI=1S/C17H18INO2/c1-13-8-10-14(11-9-13)21-12-4-7-17(20)19-16-6-3-2-5-15(16)18/h2-3,5-6,8-11H,4,7,12H2,1H3,(H,19,20). The Hall–Kier alpha value is -1.56. The Bertz CT molecular complexity index is 596. The lowest BCUT2D eigenvalue weighted by Crippen LogP contribution is -2.13. The number of amides is 1. The summed E-state index contributed by atoms with van der Waals surface area (Å²) in [5.41, 5.74) is 2.07. The van der Waals surface area contributed by atoms with Gasteiger partial charge in [0.25, 0.3) is 0 Å². The number of hydrogen-bond acceptors (Lipinski definition) is 2. The van der Waals surface area contributed by atoms with Crippen LogP contribution in [0.3, 0.4) is 0 Å². The summed E-state index contributed by atoms with van der Waals surface area (Å²) in [6.45, 7) is 2.58. The summed E-state index contributed by atoms with van der Waals surface area (Å²) in [6, 6.07) is 15.7. The molecular weight excluding hydrogens is 377 g/mol. The van der Waals surface area contributed by atoms with Gasteiger partial charge in [0.05, 0.1) is 12.3 Å². The minimum absolute atomic E-state index is 0.0200. The number of nitrogens with one attached hydrogen (secondary N) is 1. The molecule has 0 aromatic heterocycles. The first-order valence-electron chi connectivity index (χ1n) is 6.89. The molecule has 21 heavy (non-hydrogen) atoms. The predicted octanol–water partition coefficient (Wildman–Crippen LogP) is 4.40. The van der Waals surface area contributed by atoms with Gasteiger partial charge in [-0.15, -0.1) is 0 Å².